The predicted octanol–water partition coefficient (Wildman–Crippen LogP) is 22.2. The third-order valence-electron chi connectivity index (χ3n) is 14.6. The van der Waals surface area contributed by atoms with Crippen molar-refractivity contribution >= 4 is 17.9 Å². The SMILES string of the molecule is CC/C=C\C/C=C\C/C=C\C/C=C\CCCCCCC(=O)OC(COC(=O)CCCCCCCCCCCCCC)COC(=O)CCCCCCCCCCCCCCCCCCCCCCCCCCCCC. The van der Waals surface area contributed by atoms with Crippen molar-refractivity contribution in [1.82, 2.24) is 0 Å². The van der Waals surface area contributed by atoms with E-state index >= 15 is 0 Å². The maximum Gasteiger partial charge on any atom is 0.306 e. The van der Waals surface area contributed by atoms with Crippen molar-refractivity contribution in [2.75, 3.05) is 13.2 Å². The van der Waals surface area contributed by atoms with Crippen LogP contribution in [0.4, 0.5) is 0 Å². The highest BCUT2D eigenvalue weighted by atomic mass is 16.6. The first-order valence-corrected chi connectivity index (χ1v) is 32.6. The molecule has 0 aliphatic carbocycles. The lowest BCUT2D eigenvalue weighted by molar-refractivity contribution is -0.167. The first kappa shape index (κ1) is 71.4. The van der Waals surface area contributed by atoms with E-state index in [1.165, 1.54) is 212 Å². The molecule has 0 aromatic carbocycles. The monoisotopic (exact) mass is 1040 g/mol. The minimum absolute atomic E-state index is 0.0785. The van der Waals surface area contributed by atoms with Gasteiger partial charge in [-0.05, 0) is 57.8 Å². The van der Waals surface area contributed by atoms with Gasteiger partial charge in [-0.25, -0.2) is 0 Å². The Labute approximate surface area is 460 Å². The molecule has 6 heteroatoms. The van der Waals surface area contributed by atoms with Gasteiger partial charge in [-0.15, -0.1) is 0 Å². The first-order valence-electron chi connectivity index (χ1n) is 32.6. The van der Waals surface area contributed by atoms with Gasteiger partial charge in [0.25, 0.3) is 0 Å². The lowest BCUT2D eigenvalue weighted by atomic mass is 10.0. The third-order valence-corrected chi connectivity index (χ3v) is 14.6. The van der Waals surface area contributed by atoms with E-state index < -0.39 is 6.10 Å². The molecular formula is C68H124O6. The van der Waals surface area contributed by atoms with Gasteiger partial charge in [-0.2, -0.15) is 0 Å². The summed E-state index contributed by atoms with van der Waals surface area (Å²) in [4.78, 5) is 38.2. The van der Waals surface area contributed by atoms with Crippen LogP contribution in [0, 0.1) is 0 Å². The fourth-order valence-electron chi connectivity index (χ4n) is 9.73. The molecule has 74 heavy (non-hydrogen) atoms. The van der Waals surface area contributed by atoms with Gasteiger partial charge in [-0.3, -0.25) is 14.4 Å². The van der Waals surface area contributed by atoms with Crippen molar-refractivity contribution in [3.63, 3.8) is 0 Å². The molecule has 6 nitrogen and oxygen atoms in total. The fourth-order valence-corrected chi connectivity index (χ4v) is 9.73. The van der Waals surface area contributed by atoms with E-state index in [4.69, 9.17) is 14.2 Å². The molecule has 0 aliphatic rings. The number of ether oxygens (including phenoxy) is 3. The molecule has 0 saturated heterocycles. The molecule has 0 aromatic rings. The molecule has 0 saturated carbocycles. The Balaban J connectivity index is 4.21. The zero-order valence-corrected chi connectivity index (χ0v) is 49.6. The third kappa shape index (κ3) is 60.2. The number of unbranched alkanes of at least 4 members (excludes halogenated alkanes) is 41. The van der Waals surface area contributed by atoms with Crippen LogP contribution in [0.25, 0.3) is 0 Å². The average molecular weight is 1040 g/mol. The smallest absolute Gasteiger partial charge is 0.306 e. The standard InChI is InChI=1S/C68H124O6/c1-4-7-10-13-16-19-22-25-27-29-30-31-32-33-34-35-36-37-38-40-41-43-46-49-52-55-58-61-67(70)73-64-65(63-72-66(69)60-57-54-51-48-45-24-21-18-15-12-9-6-3)74-68(71)62-59-56-53-50-47-44-42-39-28-26-23-20-17-14-11-8-5-2/h8,11,17,20,26,28,42,44,65H,4-7,9-10,12-16,18-19,21-25,27,29-41,43,45-64H2,1-3H3/b11-8-,20-17-,28-26-,44-42-. The lowest BCUT2D eigenvalue weighted by Gasteiger charge is -2.18. The van der Waals surface area contributed by atoms with Gasteiger partial charge in [0.05, 0.1) is 0 Å². The van der Waals surface area contributed by atoms with Gasteiger partial charge in [0.15, 0.2) is 6.10 Å². The molecule has 0 amide bonds. The molecule has 1 atom stereocenters. The zero-order valence-electron chi connectivity index (χ0n) is 49.6. The molecule has 0 heterocycles. The maximum atomic E-state index is 12.9. The Bertz CT molecular complexity index is 1280. The minimum atomic E-state index is -0.783. The van der Waals surface area contributed by atoms with Crippen LogP contribution in [0.2, 0.25) is 0 Å². The molecule has 0 N–H and O–H groups in total. The van der Waals surface area contributed by atoms with Crippen molar-refractivity contribution in [2.24, 2.45) is 0 Å². The summed E-state index contributed by atoms with van der Waals surface area (Å²) in [6, 6.07) is 0. The van der Waals surface area contributed by atoms with Crippen LogP contribution < -0.4 is 0 Å². The Hall–Kier alpha value is -2.63. The molecule has 0 aromatic heterocycles. The van der Waals surface area contributed by atoms with Gasteiger partial charge in [0.1, 0.15) is 13.2 Å². The second kappa shape index (κ2) is 62.9. The normalized spacial score (nSPS) is 12.3. The van der Waals surface area contributed by atoms with Crippen molar-refractivity contribution in [2.45, 2.75) is 354 Å². The number of hydrogen-bond acceptors (Lipinski definition) is 6. The topological polar surface area (TPSA) is 78.9 Å². The Morgan fingerprint density at radius 1 is 0.284 bits per heavy atom. The highest BCUT2D eigenvalue weighted by Crippen LogP contribution is 2.18. The van der Waals surface area contributed by atoms with Crippen LogP contribution in [-0.2, 0) is 28.6 Å². The summed E-state index contributed by atoms with van der Waals surface area (Å²) in [6.45, 7) is 6.56. The number of rotatable bonds is 60. The predicted molar refractivity (Wildman–Crippen MR) is 321 cm³/mol. The van der Waals surface area contributed by atoms with Gasteiger partial charge >= 0.3 is 17.9 Å². The molecular weight excluding hydrogens is 913 g/mol. The van der Waals surface area contributed by atoms with E-state index in [1.54, 1.807) is 0 Å². The van der Waals surface area contributed by atoms with Crippen LogP contribution >= 0.6 is 0 Å². The summed E-state index contributed by atoms with van der Waals surface area (Å²) >= 11 is 0. The van der Waals surface area contributed by atoms with Gasteiger partial charge in [-0.1, -0.05) is 320 Å². The summed E-state index contributed by atoms with van der Waals surface area (Å²) in [7, 11) is 0. The van der Waals surface area contributed by atoms with E-state index in [-0.39, 0.29) is 31.1 Å². The Morgan fingerprint density at radius 2 is 0.527 bits per heavy atom. The lowest BCUT2D eigenvalue weighted by Crippen LogP contribution is -2.30. The highest BCUT2D eigenvalue weighted by molar-refractivity contribution is 5.71. The second-order valence-corrected chi connectivity index (χ2v) is 22.0. The largest absolute Gasteiger partial charge is 0.462 e. The van der Waals surface area contributed by atoms with Crippen LogP contribution in [0.3, 0.4) is 0 Å². The number of esters is 3. The van der Waals surface area contributed by atoms with Gasteiger partial charge in [0, 0.05) is 19.3 Å². The quantitative estimate of drug-likeness (QED) is 0.0261. The number of carbonyl (C=O) groups excluding carboxylic acids is 3. The van der Waals surface area contributed by atoms with Gasteiger partial charge < -0.3 is 14.2 Å². The summed E-state index contributed by atoms with van der Waals surface area (Å²) in [6.07, 6.45) is 78.5. The van der Waals surface area contributed by atoms with E-state index in [0.29, 0.717) is 19.3 Å². The van der Waals surface area contributed by atoms with Crippen LogP contribution in [0.15, 0.2) is 48.6 Å². The molecule has 0 aliphatic heterocycles. The van der Waals surface area contributed by atoms with Crippen molar-refractivity contribution in [3.05, 3.63) is 48.6 Å². The summed E-state index contributed by atoms with van der Waals surface area (Å²) in [5.41, 5.74) is 0. The maximum absolute atomic E-state index is 12.9. The number of allylic oxidation sites excluding steroid dienone is 8. The summed E-state index contributed by atoms with van der Waals surface area (Å²) in [5, 5.41) is 0. The van der Waals surface area contributed by atoms with E-state index in [0.717, 1.165) is 96.3 Å². The van der Waals surface area contributed by atoms with Crippen LogP contribution in [0.5, 0.6) is 0 Å². The Kier molecular flexibility index (Phi) is 60.7. The molecule has 0 bridgehead atoms. The van der Waals surface area contributed by atoms with Crippen molar-refractivity contribution in [3.8, 4) is 0 Å². The summed E-state index contributed by atoms with van der Waals surface area (Å²) < 4.78 is 16.9. The molecule has 0 rings (SSSR count). The highest BCUT2D eigenvalue weighted by Gasteiger charge is 2.19. The van der Waals surface area contributed by atoms with Gasteiger partial charge in [0.2, 0.25) is 0 Å². The average Bonchev–Trinajstić information content (AvgIpc) is 3.40. The molecule has 432 valence electrons. The van der Waals surface area contributed by atoms with E-state index in [1.807, 2.05) is 0 Å². The van der Waals surface area contributed by atoms with E-state index in [2.05, 4.69) is 69.4 Å². The number of carbonyl (C=O) groups is 3. The second-order valence-electron chi connectivity index (χ2n) is 22.0. The van der Waals surface area contributed by atoms with Crippen LogP contribution in [-0.4, -0.2) is 37.2 Å². The Morgan fingerprint density at radius 3 is 0.824 bits per heavy atom. The minimum Gasteiger partial charge on any atom is -0.462 e. The van der Waals surface area contributed by atoms with E-state index in [9.17, 15) is 14.4 Å². The van der Waals surface area contributed by atoms with Crippen molar-refractivity contribution in [1.29, 1.82) is 0 Å². The molecule has 0 fully saturated rings. The molecule has 0 spiro atoms. The van der Waals surface area contributed by atoms with Crippen molar-refractivity contribution < 1.29 is 28.6 Å². The summed E-state index contributed by atoms with van der Waals surface area (Å²) in [5.74, 6) is -0.882. The first-order chi connectivity index (χ1) is 36.5. The molecule has 1 unspecified atom stereocenters. The van der Waals surface area contributed by atoms with Crippen LogP contribution in [0.1, 0.15) is 348 Å². The molecule has 0 radical (unpaired) electrons. The zero-order chi connectivity index (χ0) is 53.6. The number of hydrogen-bond donors (Lipinski definition) is 0. The fraction of sp³-hybridized carbons (Fsp3) is 0.838.